The first-order valence-electron chi connectivity index (χ1n) is 7.29. The third kappa shape index (κ3) is 6.75. The van der Waals surface area contributed by atoms with Crippen LogP contribution in [0.25, 0.3) is 0 Å². The van der Waals surface area contributed by atoms with Gasteiger partial charge in [-0.1, -0.05) is 37.6 Å². The Morgan fingerprint density at radius 2 is 1.78 bits per heavy atom. The van der Waals surface area contributed by atoms with Gasteiger partial charge in [0.25, 0.3) is 0 Å². The minimum atomic E-state index is -0.186. The summed E-state index contributed by atoms with van der Waals surface area (Å²) < 4.78 is 5.73. The van der Waals surface area contributed by atoms with E-state index in [1.54, 1.807) is 0 Å². The SMILES string of the molecule is CCCCOC1CCC=CCCC=CCCC1=O. The van der Waals surface area contributed by atoms with Gasteiger partial charge < -0.3 is 4.74 Å². The van der Waals surface area contributed by atoms with Crippen molar-refractivity contribution in [2.75, 3.05) is 6.61 Å². The second-order valence-corrected chi connectivity index (χ2v) is 4.82. The van der Waals surface area contributed by atoms with Gasteiger partial charge in [-0.25, -0.2) is 0 Å². The Kier molecular flexibility index (Phi) is 8.49. The van der Waals surface area contributed by atoms with Gasteiger partial charge in [-0.05, 0) is 38.5 Å². The topological polar surface area (TPSA) is 26.3 Å². The molecule has 1 atom stereocenters. The Morgan fingerprint density at radius 3 is 2.50 bits per heavy atom. The number of unbranched alkanes of at least 4 members (excludes halogenated alkanes) is 1. The molecule has 0 radical (unpaired) electrons. The molecule has 0 aromatic carbocycles. The van der Waals surface area contributed by atoms with Crippen molar-refractivity contribution in [1.82, 2.24) is 0 Å². The Hall–Kier alpha value is -0.890. The molecule has 2 heteroatoms. The van der Waals surface area contributed by atoms with Crippen molar-refractivity contribution in [2.24, 2.45) is 0 Å². The molecular weight excluding hydrogens is 224 g/mol. The smallest absolute Gasteiger partial charge is 0.161 e. The molecule has 1 aliphatic rings. The summed E-state index contributed by atoms with van der Waals surface area (Å²) in [5, 5.41) is 0. The summed E-state index contributed by atoms with van der Waals surface area (Å²) in [4.78, 5) is 12.0. The highest BCUT2D eigenvalue weighted by molar-refractivity contribution is 5.83. The predicted octanol–water partition coefficient (Wildman–Crippen LogP) is 4.21. The molecule has 18 heavy (non-hydrogen) atoms. The molecule has 0 aliphatic heterocycles. The molecule has 1 rings (SSSR count). The lowest BCUT2D eigenvalue weighted by Gasteiger charge is -2.16. The third-order valence-electron chi connectivity index (χ3n) is 3.16. The first-order valence-corrected chi connectivity index (χ1v) is 7.29. The molecule has 0 spiro atoms. The second-order valence-electron chi connectivity index (χ2n) is 4.82. The molecule has 0 saturated carbocycles. The second kappa shape index (κ2) is 10.1. The average molecular weight is 250 g/mol. The minimum Gasteiger partial charge on any atom is -0.370 e. The van der Waals surface area contributed by atoms with Gasteiger partial charge >= 0.3 is 0 Å². The summed E-state index contributed by atoms with van der Waals surface area (Å²) in [7, 11) is 0. The maximum atomic E-state index is 12.0. The molecule has 0 heterocycles. The van der Waals surface area contributed by atoms with Crippen molar-refractivity contribution in [1.29, 1.82) is 0 Å². The van der Waals surface area contributed by atoms with Crippen LogP contribution in [0.3, 0.4) is 0 Å². The standard InChI is InChI=1S/C16H26O2/c1-2-3-14-18-16-13-11-9-7-5-4-6-8-10-12-15(16)17/h6-9,16H,2-5,10-14H2,1H3. The monoisotopic (exact) mass is 250 g/mol. The van der Waals surface area contributed by atoms with Crippen LogP contribution < -0.4 is 0 Å². The largest absolute Gasteiger partial charge is 0.370 e. The zero-order valence-electron chi connectivity index (χ0n) is 11.6. The Bertz CT molecular complexity index is 279. The van der Waals surface area contributed by atoms with Gasteiger partial charge in [0.2, 0.25) is 0 Å². The van der Waals surface area contributed by atoms with Crippen LogP contribution in [0.5, 0.6) is 0 Å². The van der Waals surface area contributed by atoms with Gasteiger partial charge in [0.1, 0.15) is 6.10 Å². The fraction of sp³-hybridized carbons (Fsp3) is 0.688. The summed E-state index contributed by atoms with van der Waals surface area (Å²) in [6.07, 6.45) is 16.1. The van der Waals surface area contributed by atoms with Crippen LogP contribution in [0.15, 0.2) is 24.3 Å². The predicted molar refractivity (Wildman–Crippen MR) is 75.6 cm³/mol. The number of hydrogen-bond acceptors (Lipinski definition) is 2. The van der Waals surface area contributed by atoms with Gasteiger partial charge in [-0.15, -0.1) is 0 Å². The van der Waals surface area contributed by atoms with E-state index in [1.807, 2.05) is 0 Å². The van der Waals surface area contributed by atoms with Gasteiger partial charge in [0.15, 0.2) is 5.78 Å². The molecule has 0 amide bonds. The van der Waals surface area contributed by atoms with E-state index < -0.39 is 0 Å². The molecule has 1 aliphatic carbocycles. The summed E-state index contributed by atoms with van der Waals surface area (Å²) in [5.41, 5.74) is 0. The van der Waals surface area contributed by atoms with E-state index in [0.717, 1.165) is 44.9 Å². The first kappa shape index (κ1) is 15.2. The van der Waals surface area contributed by atoms with Crippen LogP contribution in [0.2, 0.25) is 0 Å². The molecule has 2 nitrogen and oxygen atoms in total. The van der Waals surface area contributed by atoms with Gasteiger partial charge in [0.05, 0.1) is 0 Å². The zero-order chi connectivity index (χ0) is 13.1. The summed E-state index contributed by atoms with van der Waals surface area (Å²) >= 11 is 0. The lowest BCUT2D eigenvalue weighted by atomic mass is 10.0. The van der Waals surface area contributed by atoms with Gasteiger partial charge in [-0.3, -0.25) is 4.79 Å². The molecule has 0 saturated heterocycles. The van der Waals surface area contributed by atoms with Crippen molar-refractivity contribution >= 4 is 5.78 Å². The summed E-state index contributed by atoms with van der Waals surface area (Å²) in [6, 6.07) is 0. The van der Waals surface area contributed by atoms with Crippen molar-refractivity contribution in [2.45, 2.75) is 64.4 Å². The number of carbonyl (C=O) groups excluding carboxylic acids is 1. The van der Waals surface area contributed by atoms with E-state index in [9.17, 15) is 4.79 Å². The number of carbonyl (C=O) groups is 1. The fourth-order valence-corrected chi connectivity index (χ4v) is 2.01. The molecule has 0 aromatic heterocycles. The number of hydrogen-bond donors (Lipinski definition) is 0. The molecule has 1 unspecified atom stereocenters. The van der Waals surface area contributed by atoms with Crippen LogP contribution in [0, 0.1) is 0 Å². The minimum absolute atomic E-state index is 0.186. The highest BCUT2D eigenvalue weighted by Gasteiger charge is 2.17. The third-order valence-corrected chi connectivity index (χ3v) is 3.16. The van der Waals surface area contributed by atoms with Crippen molar-refractivity contribution < 1.29 is 9.53 Å². The molecule has 0 N–H and O–H groups in total. The zero-order valence-corrected chi connectivity index (χ0v) is 11.6. The number of ketones is 1. The molecule has 102 valence electrons. The highest BCUT2D eigenvalue weighted by Crippen LogP contribution is 2.11. The summed E-state index contributed by atoms with van der Waals surface area (Å²) in [5.74, 6) is 0.268. The maximum absolute atomic E-state index is 12.0. The Balaban J connectivity index is 2.46. The number of ether oxygens (including phenoxy) is 1. The highest BCUT2D eigenvalue weighted by atomic mass is 16.5. The fourth-order valence-electron chi connectivity index (χ4n) is 2.01. The van der Waals surface area contributed by atoms with Crippen molar-refractivity contribution in [3.63, 3.8) is 0 Å². The van der Waals surface area contributed by atoms with E-state index in [4.69, 9.17) is 4.74 Å². The van der Waals surface area contributed by atoms with E-state index in [1.165, 1.54) is 0 Å². The lowest BCUT2D eigenvalue weighted by Crippen LogP contribution is -2.24. The van der Waals surface area contributed by atoms with Crippen LogP contribution in [0.1, 0.15) is 58.3 Å². The van der Waals surface area contributed by atoms with E-state index >= 15 is 0 Å². The van der Waals surface area contributed by atoms with Crippen molar-refractivity contribution in [3.8, 4) is 0 Å². The Morgan fingerprint density at radius 1 is 1.11 bits per heavy atom. The average Bonchev–Trinajstić information content (AvgIpc) is 2.37. The van der Waals surface area contributed by atoms with Crippen LogP contribution in [0.4, 0.5) is 0 Å². The molecule has 0 aromatic rings. The maximum Gasteiger partial charge on any atom is 0.161 e. The molecular formula is C16H26O2. The van der Waals surface area contributed by atoms with Gasteiger partial charge in [0, 0.05) is 13.0 Å². The van der Waals surface area contributed by atoms with E-state index in [0.29, 0.717) is 13.0 Å². The van der Waals surface area contributed by atoms with Crippen molar-refractivity contribution in [3.05, 3.63) is 24.3 Å². The summed E-state index contributed by atoms with van der Waals surface area (Å²) in [6.45, 7) is 2.85. The molecule has 0 bridgehead atoms. The van der Waals surface area contributed by atoms with Crippen LogP contribution >= 0.6 is 0 Å². The van der Waals surface area contributed by atoms with Crippen LogP contribution in [-0.2, 0) is 9.53 Å². The quantitative estimate of drug-likeness (QED) is 0.552. The van der Waals surface area contributed by atoms with Gasteiger partial charge in [-0.2, -0.15) is 0 Å². The number of rotatable bonds is 4. The normalized spacial score (nSPS) is 22.5. The van der Waals surface area contributed by atoms with E-state index in [-0.39, 0.29) is 11.9 Å². The number of allylic oxidation sites excluding steroid dienone is 4. The molecule has 0 fully saturated rings. The van der Waals surface area contributed by atoms with Crippen LogP contribution in [-0.4, -0.2) is 18.5 Å². The Labute approximate surface area is 111 Å². The number of Topliss-reactive ketones (excluding diaryl/α,β-unsaturated/α-hetero) is 1. The lowest BCUT2D eigenvalue weighted by molar-refractivity contribution is -0.131. The van der Waals surface area contributed by atoms with E-state index in [2.05, 4.69) is 31.2 Å². The first-order chi connectivity index (χ1) is 8.84.